The molecule has 0 aliphatic heterocycles. The molecule has 0 radical (unpaired) electrons. The Kier molecular flexibility index (Phi) is 4.35. The van der Waals surface area contributed by atoms with Crippen molar-refractivity contribution in [3.05, 3.63) is 28.8 Å². The summed E-state index contributed by atoms with van der Waals surface area (Å²) < 4.78 is 0. The van der Waals surface area contributed by atoms with Crippen LogP contribution in [0.4, 0.5) is 0 Å². The number of amidine groups is 1. The van der Waals surface area contributed by atoms with Crippen LogP contribution in [-0.2, 0) is 0 Å². The second-order valence-corrected chi connectivity index (χ2v) is 6.21. The molecule has 0 bridgehead atoms. The summed E-state index contributed by atoms with van der Waals surface area (Å²) in [6, 6.07) is 5.57. The fourth-order valence-corrected chi connectivity index (χ4v) is 3.84. The minimum atomic E-state index is 0.125. The van der Waals surface area contributed by atoms with Gasteiger partial charge in [-0.1, -0.05) is 30.9 Å². The second-order valence-electron chi connectivity index (χ2n) is 4.43. The molecule has 0 saturated heterocycles. The summed E-state index contributed by atoms with van der Waals surface area (Å²) in [5.41, 5.74) is 6.41. The van der Waals surface area contributed by atoms with Gasteiger partial charge in [-0.05, 0) is 31.0 Å². The van der Waals surface area contributed by atoms with Crippen LogP contribution in [0.1, 0.15) is 37.7 Å². The quantitative estimate of drug-likeness (QED) is 0.642. The molecule has 1 aliphatic carbocycles. The molecule has 1 fully saturated rings. The van der Waals surface area contributed by atoms with Gasteiger partial charge in [-0.2, -0.15) is 0 Å². The number of benzene rings is 1. The Hall–Kier alpha value is -0.670. The SMILES string of the molecule is N=C(N)c1ccc(Cl)cc1SC1CCCCC1. The molecule has 2 nitrogen and oxygen atoms in total. The van der Waals surface area contributed by atoms with Gasteiger partial charge in [0, 0.05) is 20.7 Å². The first-order valence-corrected chi connectivity index (χ1v) is 7.23. The monoisotopic (exact) mass is 268 g/mol. The van der Waals surface area contributed by atoms with Gasteiger partial charge in [0.25, 0.3) is 0 Å². The van der Waals surface area contributed by atoms with Crippen molar-refractivity contribution >= 4 is 29.2 Å². The fourth-order valence-electron chi connectivity index (χ4n) is 2.18. The van der Waals surface area contributed by atoms with Crippen LogP contribution in [0.3, 0.4) is 0 Å². The molecule has 0 atom stereocenters. The maximum Gasteiger partial charge on any atom is 0.123 e. The van der Waals surface area contributed by atoms with Crippen molar-refractivity contribution in [2.45, 2.75) is 42.2 Å². The van der Waals surface area contributed by atoms with Crippen LogP contribution < -0.4 is 5.73 Å². The summed E-state index contributed by atoms with van der Waals surface area (Å²) in [4.78, 5) is 1.05. The molecule has 2 rings (SSSR count). The zero-order valence-electron chi connectivity index (χ0n) is 9.71. The average Bonchev–Trinajstić information content (AvgIpc) is 2.30. The van der Waals surface area contributed by atoms with Gasteiger partial charge < -0.3 is 5.73 Å². The number of nitrogen functional groups attached to an aromatic ring is 1. The minimum absolute atomic E-state index is 0.125. The molecule has 1 aromatic rings. The Morgan fingerprint density at radius 2 is 2.00 bits per heavy atom. The van der Waals surface area contributed by atoms with E-state index in [0.29, 0.717) is 10.3 Å². The number of nitrogens with two attached hydrogens (primary N) is 1. The molecule has 0 amide bonds. The summed E-state index contributed by atoms with van der Waals surface area (Å²) in [6.45, 7) is 0. The number of nitrogens with one attached hydrogen (secondary N) is 1. The van der Waals surface area contributed by atoms with E-state index in [4.69, 9.17) is 22.7 Å². The first kappa shape index (κ1) is 12.8. The molecule has 0 heterocycles. The fraction of sp³-hybridized carbons (Fsp3) is 0.462. The van der Waals surface area contributed by atoms with Gasteiger partial charge in [-0.3, -0.25) is 5.41 Å². The van der Waals surface area contributed by atoms with E-state index in [1.807, 2.05) is 23.9 Å². The Balaban J connectivity index is 2.17. The van der Waals surface area contributed by atoms with Gasteiger partial charge in [0.05, 0.1) is 0 Å². The predicted octanol–water partition coefficient (Wildman–Crippen LogP) is 4.05. The van der Waals surface area contributed by atoms with E-state index in [-0.39, 0.29) is 5.84 Å². The number of halogens is 1. The maximum atomic E-state index is 7.59. The normalized spacial score (nSPS) is 17.0. The first-order chi connectivity index (χ1) is 8.16. The molecule has 0 aromatic heterocycles. The molecular weight excluding hydrogens is 252 g/mol. The first-order valence-electron chi connectivity index (χ1n) is 5.97. The molecule has 1 saturated carbocycles. The summed E-state index contributed by atoms with van der Waals surface area (Å²) >= 11 is 7.84. The van der Waals surface area contributed by atoms with E-state index >= 15 is 0 Å². The van der Waals surface area contributed by atoms with Crippen molar-refractivity contribution in [1.29, 1.82) is 5.41 Å². The van der Waals surface area contributed by atoms with Gasteiger partial charge in [0.1, 0.15) is 5.84 Å². The Bertz CT molecular complexity index is 414. The smallest absolute Gasteiger partial charge is 0.123 e. The van der Waals surface area contributed by atoms with Crippen molar-refractivity contribution in [2.75, 3.05) is 0 Å². The summed E-state index contributed by atoms with van der Waals surface area (Å²) in [5, 5.41) is 8.95. The molecule has 4 heteroatoms. The molecule has 17 heavy (non-hydrogen) atoms. The predicted molar refractivity (Wildman–Crippen MR) is 75.2 cm³/mol. The summed E-state index contributed by atoms with van der Waals surface area (Å²) in [7, 11) is 0. The molecule has 92 valence electrons. The van der Waals surface area contributed by atoms with Crippen LogP contribution in [0.25, 0.3) is 0 Å². The highest BCUT2D eigenvalue weighted by Gasteiger charge is 2.17. The molecule has 1 aromatic carbocycles. The van der Waals surface area contributed by atoms with Gasteiger partial charge in [0.2, 0.25) is 0 Å². The lowest BCUT2D eigenvalue weighted by Gasteiger charge is -2.22. The van der Waals surface area contributed by atoms with Gasteiger partial charge in [0.15, 0.2) is 0 Å². The average molecular weight is 269 g/mol. The number of thioether (sulfide) groups is 1. The van der Waals surface area contributed by atoms with Crippen LogP contribution in [0.15, 0.2) is 23.1 Å². The summed E-state index contributed by atoms with van der Waals surface area (Å²) in [5.74, 6) is 0.125. The highest BCUT2D eigenvalue weighted by Crippen LogP contribution is 2.36. The highest BCUT2D eigenvalue weighted by atomic mass is 35.5. The van der Waals surface area contributed by atoms with E-state index in [1.54, 1.807) is 6.07 Å². The number of rotatable bonds is 3. The van der Waals surface area contributed by atoms with Crippen LogP contribution in [0, 0.1) is 5.41 Å². The van der Waals surface area contributed by atoms with Crippen molar-refractivity contribution in [3.8, 4) is 0 Å². The third-order valence-corrected chi connectivity index (χ3v) is 4.71. The lowest BCUT2D eigenvalue weighted by molar-refractivity contribution is 0.516. The maximum absolute atomic E-state index is 7.59. The van der Waals surface area contributed by atoms with Gasteiger partial charge in [-0.15, -0.1) is 11.8 Å². The third kappa shape index (κ3) is 3.39. The van der Waals surface area contributed by atoms with Crippen LogP contribution in [0.2, 0.25) is 5.02 Å². The van der Waals surface area contributed by atoms with Crippen LogP contribution in [-0.4, -0.2) is 11.1 Å². The molecule has 0 unspecified atom stereocenters. The van der Waals surface area contributed by atoms with Crippen molar-refractivity contribution in [3.63, 3.8) is 0 Å². The molecular formula is C13H17ClN2S. The lowest BCUT2D eigenvalue weighted by atomic mass is 10.0. The van der Waals surface area contributed by atoms with E-state index in [1.165, 1.54) is 32.1 Å². The van der Waals surface area contributed by atoms with Crippen molar-refractivity contribution in [2.24, 2.45) is 5.73 Å². The van der Waals surface area contributed by atoms with E-state index in [2.05, 4.69) is 0 Å². The van der Waals surface area contributed by atoms with Crippen molar-refractivity contribution < 1.29 is 0 Å². The second kappa shape index (κ2) is 5.78. The topological polar surface area (TPSA) is 49.9 Å². The van der Waals surface area contributed by atoms with E-state index in [9.17, 15) is 0 Å². The molecule has 1 aliphatic rings. The lowest BCUT2D eigenvalue weighted by Crippen LogP contribution is -2.14. The Labute approximate surface area is 111 Å². The Morgan fingerprint density at radius 1 is 1.29 bits per heavy atom. The minimum Gasteiger partial charge on any atom is -0.384 e. The third-order valence-electron chi connectivity index (χ3n) is 3.08. The standard InChI is InChI=1S/C13H17ClN2S/c14-9-6-7-11(13(15)16)12(8-9)17-10-4-2-1-3-5-10/h6-8,10H,1-5H2,(H3,15,16). The molecule has 0 spiro atoms. The Morgan fingerprint density at radius 3 is 2.65 bits per heavy atom. The van der Waals surface area contributed by atoms with E-state index in [0.717, 1.165) is 10.5 Å². The van der Waals surface area contributed by atoms with Crippen LogP contribution in [0.5, 0.6) is 0 Å². The van der Waals surface area contributed by atoms with Gasteiger partial charge >= 0.3 is 0 Å². The highest BCUT2D eigenvalue weighted by molar-refractivity contribution is 8.00. The largest absolute Gasteiger partial charge is 0.384 e. The zero-order valence-corrected chi connectivity index (χ0v) is 11.3. The van der Waals surface area contributed by atoms with Gasteiger partial charge in [-0.25, -0.2) is 0 Å². The number of hydrogen-bond acceptors (Lipinski definition) is 2. The van der Waals surface area contributed by atoms with Crippen LogP contribution >= 0.6 is 23.4 Å². The summed E-state index contributed by atoms with van der Waals surface area (Å²) in [6.07, 6.45) is 6.50. The number of hydrogen-bond donors (Lipinski definition) is 2. The molecule has 3 N–H and O–H groups in total. The van der Waals surface area contributed by atoms with E-state index < -0.39 is 0 Å². The van der Waals surface area contributed by atoms with Crippen molar-refractivity contribution in [1.82, 2.24) is 0 Å². The zero-order chi connectivity index (χ0) is 12.3.